The molecule has 0 fully saturated rings. The molecule has 0 saturated heterocycles. The zero-order valence-corrected chi connectivity index (χ0v) is 14.6. The fourth-order valence-corrected chi connectivity index (χ4v) is 3.40. The Kier molecular flexibility index (Phi) is 4.77. The number of ether oxygens (including phenoxy) is 1. The van der Waals surface area contributed by atoms with Crippen LogP contribution in [0.25, 0.3) is 10.2 Å². The highest BCUT2D eigenvalue weighted by Crippen LogP contribution is 2.24. The van der Waals surface area contributed by atoms with Crippen molar-refractivity contribution in [2.75, 3.05) is 19.0 Å². The molecule has 2 N–H and O–H groups in total. The Morgan fingerprint density at radius 1 is 1.42 bits per heavy atom. The lowest BCUT2D eigenvalue weighted by atomic mass is 10.2. The second-order valence-electron chi connectivity index (χ2n) is 5.40. The van der Waals surface area contributed by atoms with Gasteiger partial charge in [0.2, 0.25) is 0 Å². The van der Waals surface area contributed by atoms with Crippen molar-refractivity contribution in [1.29, 1.82) is 0 Å². The van der Waals surface area contributed by atoms with Gasteiger partial charge in [-0.05, 0) is 31.2 Å². The number of thiazole rings is 1. The number of nitrogens with zero attached hydrogens (tertiary/aromatic N) is 3. The molecular weight excluding hydrogens is 326 g/mol. The van der Waals surface area contributed by atoms with Crippen LogP contribution in [0, 0.1) is 6.92 Å². The predicted octanol–water partition coefficient (Wildman–Crippen LogP) is 2.85. The molecule has 0 saturated carbocycles. The summed E-state index contributed by atoms with van der Waals surface area (Å²) in [5.41, 5.74) is 2.54. The average molecular weight is 345 g/mol. The molecule has 3 aromatic rings. The number of urea groups is 1. The Morgan fingerprint density at radius 2 is 2.25 bits per heavy atom. The number of methoxy groups -OCH3 is 1. The van der Waals surface area contributed by atoms with Gasteiger partial charge < -0.3 is 15.4 Å². The van der Waals surface area contributed by atoms with Gasteiger partial charge in [0.25, 0.3) is 0 Å². The summed E-state index contributed by atoms with van der Waals surface area (Å²) in [5, 5.41) is 10.9. The second-order valence-corrected chi connectivity index (χ2v) is 6.64. The minimum Gasteiger partial charge on any atom is -0.382 e. The summed E-state index contributed by atoms with van der Waals surface area (Å²) >= 11 is 1.60. The molecule has 0 aliphatic carbocycles. The Morgan fingerprint density at radius 3 is 2.96 bits per heavy atom. The van der Waals surface area contributed by atoms with E-state index in [9.17, 15) is 4.79 Å². The minimum atomic E-state index is -0.293. The van der Waals surface area contributed by atoms with Crippen LogP contribution < -0.4 is 10.6 Å². The highest BCUT2D eigenvalue weighted by molar-refractivity contribution is 7.18. The number of hydrogen-bond acceptors (Lipinski definition) is 5. The molecule has 0 aliphatic heterocycles. The first-order chi connectivity index (χ1) is 11.6. The van der Waals surface area contributed by atoms with Crippen LogP contribution in [-0.4, -0.2) is 34.5 Å². The number of carbonyl (C=O) groups is 1. The van der Waals surface area contributed by atoms with Crippen molar-refractivity contribution in [2.45, 2.75) is 13.0 Å². The molecule has 2 amide bonds. The molecule has 0 aliphatic rings. The molecule has 2 aromatic heterocycles. The lowest BCUT2D eigenvalue weighted by molar-refractivity contribution is 0.165. The van der Waals surface area contributed by atoms with E-state index < -0.39 is 0 Å². The van der Waals surface area contributed by atoms with Crippen LogP contribution in [0.15, 0.2) is 30.5 Å². The van der Waals surface area contributed by atoms with Crippen molar-refractivity contribution >= 4 is 33.3 Å². The fourth-order valence-electron chi connectivity index (χ4n) is 2.54. The van der Waals surface area contributed by atoms with Gasteiger partial charge in [-0.1, -0.05) is 0 Å². The van der Waals surface area contributed by atoms with Crippen LogP contribution in [0.5, 0.6) is 0 Å². The Bertz CT molecular complexity index is 857. The average Bonchev–Trinajstić information content (AvgIpc) is 3.11. The molecule has 7 nitrogen and oxygen atoms in total. The van der Waals surface area contributed by atoms with Gasteiger partial charge in [-0.2, -0.15) is 5.10 Å². The van der Waals surface area contributed by atoms with Crippen molar-refractivity contribution in [1.82, 2.24) is 20.1 Å². The van der Waals surface area contributed by atoms with E-state index in [0.717, 1.165) is 26.6 Å². The smallest absolute Gasteiger partial charge is 0.319 e. The van der Waals surface area contributed by atoms with Crippen LogP contribution in [0.4, 0.5) is 10.5 Å². The summed E-state index contributed by atoms with van der Waals surface area (Å²) in [5.74, 6) is 0. The highest BCUT2D eigenvalue weighted by atomic mass is 32.1. The number of fused-ring (bicyclic) bond motifs is 1. The summed E-state index contributed by atoms with van der Waals surface area (Å²) in [7, 11) is 3.43. The Labute approximate surface area is 143 Å². The first-order valence-electron chi connectivity index (χ1n) is 7.48. The van der Waals surface area contributed by atoms with Gasteiger partial charge >= 0.3 is 6.03 Å². The SMILES string of the molecule is COC[C@@H](NC(=O)Nc1ccc2nc(C)sc2c1)c1ccnn1C. The number of anilines is 1. The molecule has 1 aromatic carbocycles. The molecular formula is C16H19N5O2S. The van der Waals surface area contributed by atoms with Gasteiger partial charge in [-0.25, -0.2) is 9.78 Å². The lowest BCUT2D eigenvalue weighted by Gasteiger charge is -2.18. The molecule has 2 heterocycles. The standard InChI is InChI=1S/C16H19N5O2S/c1-10-18-12-5-4-11(8-15(12)24-10)19-16(22)20-13(9-23-3)14-6-7-17-21(14)2/h4-8,13H,9H2,1-3H3,(H2,19,20,22)/t13-/m1/s1. The van der Waals surface area contributed by atoms with Crippen molar-refractivity contribution in [3.8, 4) is 0 Å². The number of aromatic nitrogens is 3. The maximum atomic E-state index is 12.3. The van der Waals surface area contributed by atoms with E-state index in [4.69, 9.17) is 4.74 Å². The van der Waals surface area contributed by atoms with E-state index in [2.05, 4.69) is 20.7 Å². The first kappa shape index (κ1) is 16.4. The van der Waals surface area contributed by atoms with Crippen LogP contribution in [0.1, 0.15) is 16.7 Å². The topological polar surface area (TPSA) is 81.1 Å². The molecule has 0 unspecified atom stereocenters. The minimum absolute atomic E-state index is 0.281. The van der Waals surface area contributed by atoms with Gasteiger partial charge in [0.15, 0.2) is 0 Å². The number of carbonyl (C=O) groups excluding carboxylic acids is 1. The van der Waals surface area contributed by atoms with E-state index in [1.165, 1.54) is 0 Å². The maximum Gasteiger partial charge on any atom is 0.319 e. The molecule has 0 radical (unpaired) electrons. The number of hydrogen-bond donors (Lipinski definition) is 2. The number of amides is 2. The molecule has 3 rings (SSSR count). The first-order valence-corrected chi connectivity index (χ1v) is 8.30. The molecule has 8 heteroatoms. The van der Waals surface area contributed by atoms with Crippen molar-refractivity contribution in [3.63, 3.8) is 0 Å². The summed E-state index contributed by atoms with van der Waals surface area (Å²) in [6.45, 7) is 2.33. The summed E-state index contributed by atoms with van der Waals surface area (Å²) in [6, 6.07) is 6.96. The zero-order valence-electron chi connectivity index (χ0n) is 13.7. The van der Waals surface area contributed by atoms with E-state index >= 15 is 0 Å². The van der Waals surface area contributed by atoms with Crippen molar-refractivity contribution in [2.24, 2.45) is 7.05 Å². The number of benzene rings is 1. The number of nitrogens with one attached hydrogen (secondary N) is 2. The largest absolute Gasteiger partial charge is 0.382 e. The predicted molar refractivity (Wildman–Crippen MR) is 94.3 cm³/mol. The molecule has 1 atom stereocenters. The van der Waals surface area contributed by atoms with E-state index in [1.54, 1.807) is 29.3 Å². The zero-order chi connectivity index (χ0) is 17.1. The maximum absolute atomic E-state index is 12.3. The van der Waals surface area contributed by atoms with E-state index in [0.29, 0.717) is 6.61 Å². The van der Waals surface area contributed by atoms with Crippen LogP contribution in [0.3, 0.4) is 0 Å². The summed E-state index contributed by atoms with van der Waals surface area (Å²) in [4.78, 5) is 16.7. The third kappa shape index (κ3) is 3.55. The van der Waals surface area contributed by atoms with Gasteiger partial charge in [0, 0.05) is 26.0 Å². The van der Waals surface area contributed by atoms with Gasteiger partial charge in [0.05, 0.1) is 33.6 Å². The van der Waals surface area contributed by atoms with E-state index in [1.807, 2.05) is 38.2 Å². The number of aryl methyl sites for hydroxylation is 2. The van der Waals surface area contributed by atoms with Gasteiger partial charge in [-0.15, -0.1) is 11.3 Å². The van der Waals surface area contributed by atoms with E-state index in [-0.39, 0.29) is 12.1 Å². The van der Waals surface area contributed by atoms with Crippen molar-refractivity contribution in [3.05, 3.63) is 41.2 Å². The third-order valence-corrected chi connectivity index (χ3v) is 4.54. The highest BCUT2D eigenvalue weighted by Gasteiger charge is 2.17. The fraction of sp³-hybridized carbons (Fsp3) is 0.312. The quantitative estimate of drug-likeness (QED) is 0.745. The Hall–Kier alpha value is -2.45. The normalized spacial score (nSPS) is 12.3. The van der Waals surface area contributed by atoms with Gasteiger partial charge in [0.1, 0.15) is 0 Å². The van der Waals surface area contributed by atoms with Crippen molar-refractivity contribution < 1.29 is 9.53 Å². The monoisotopic (exact) mass is 345 g/mol. The van der Waals surface area contributed by atoms with Crippen LogP contribution in [0.2, 0.25) is 0 Å². The third-order valence-electron chi connectivity index (χ3n) is 3.61. The van der Waals surface area contributed by atoms with Crippen LogP contribution in [-0.2, 0) is 11.8 Å². The summed E-state index contributed by atoms with van der Waals surface area (Å²) in [6.07, 6.45) is 1.69. The molecule has 0 bridgehead atoms. The second kappa shape index (κ2) is 6.98. The molecule has 0 spiro atoms. The molecule has 126 valence electrons. The van der Waals surface area contributed by atoms with Crippen LogP contribution >= 0.6 is 11.3 Å². The van der Waals surface area contributed by atoms with Gasteiger partial charge in [-0.3, -0.25) is 4.68 Å². The number of rotatable bonds is 5. The Balaban J connectivity index is 1.71. The summed E-state index contributed by atoms with van der Waals surface area (Å²) < 4.78 is 7.97. The lowest BCUT2D eigenvalue weighted by Crippen LogP contribution is -2.35. The molecule has 24 heavy (non-hydrogen) atoms.